The summed E-state index contributed by atoms with van der Waals surface area (Å²) in [6.07, 6.45) is -3.77. The van der Waals surface area contributed by atoms with E-state index in [1.807, 2.05) is 0 Å². The molecule has 20 heavy (non-hydrogen) atoms. The Morgan fingerprint density at radius 1 is 1.50 bits per heavy atom. The molecule has 1 heterocycles. The first-order chi connectivity index (χ1) is 9.54. The SMILES string of the molecule is CCOC(=O)C(F)C(O)c1cc(Br)c2c(c1)OCCO2. The van der Waals surface area contributed by atoms with Crippen LogP contribution in [-0.2, 0) is 9.53 Å². The molecule has 2 rings (SSSR count). The first-order valence-corrected chi connectivity index (χ1v) is 6.91. The normalized spacial score (nSPS) is 16.4. The first-order valence-electron chi connectivity index (χ1n) is 6.12. The van der Waals surface area contributed by atoms with E-state index in [0.29, 0.717) is 29.2 Å². The second-order valence-corrected chi connectivity index (χ2v) is 4.98. The molecule has 0 spiro atoms. The number of aliphatic hydroxyl groups is 1. The Balaban J connectivity index is 2.24. The zero-order chi connectivity index (χ0) is 14.7. The van der Waals surface area contributed by atoms with Crippen molar-refractivity contribution in [3.8, 4) is 11.5 Å². The second-order valence-electron chi connectivity index (χ2n) is 4.13. The average Bonchev–Trinajstić information content (AvgIpc) is 2.46. The minimum absolute atomic E-state index is 0.0524. The number of esters is 1. The van der Waals surface area contributed by atoms with Crippen molar-refractivity contribution >= 4 is 21.9 Å². The Morgan fingerprint density at radius 2 is 2.20 bits per heavy atom. The maximum atomic E-state index is 13.8. The highest BCUT2D eigenvalue weighted by Crippen LogP contribution is 2.40. The van der Waals surface area contributed by atoms with Crippen LogP contribution in [0.3, 0.4) is 0 Å². The molecular weight excluding hydrogens is 335 g/mol. The van der Waals surface area contributed by atoms with Gasteiger partial charge in [-0.3, -0.25) is 0 Å². The molecular formula is C13H14BrFO5. The Labute approximate surface area is 123 Å². The molecule has 0 bridgehead atoms. The number of halogens is 2. The molecule has 110 valence electrons. The Kier molecular flexibility index (Phi) is 4.82. The summed E-state index contributed by atoms with van der Waals surface area (Å²) >= 11 is 3.26. The molecule has 1 aliphatic heterocycles. The largest absolute Gasteiger partial charge is 0.486 e. The van der Waals surface area contributed by atoms with Gasteiger partial charge in [0.1, 0.15) is 19.3 Å². The van der Waals surface area contributed by atoms with Crippen LogP contribution in [0.4, 0.5) is 4.39 Å². The van der Waals surface area contributed by atoms with Crippen LogP contribution in [0, 0.1) is 0 Å². The van der Waals surface area contributed by atoms with Gasteiger partial charge >= 0.3 is 5.97 Å². The van der Waals surface area contributed by atoms with Crippen LogP contribution in [-0.4, -0.2) is 37.1 Å². The van der Waals surface area contributed by atoms with Gasteiger partial charge in [-0.05, 0) is 40.5 Å². The van der Waals surface area contributed by atoms with Crippen LogP contribution >= 0.6 is 15.9 Å². The van der Waals surface area contributed by atoms with E-state index in [2.05, 4.69) is 20.7 Å². The van der Waals surface area contributed by atoms with Crippen LogP contribution in [0.1, 0.15) is 18.6 Å². The molecule has 7 heteroatoms. The second kappa shape index (κ2) is 6.41. The number of alkyl halides is 1. The number of benzene rings is 1. The minimum Gasteiger partial charge on any atom is -0.486 e. The number of fused-ring (bicyclic) bond motifs is 1. The zero-order valence-corrected chi connectivity index (χ0v) is 12.4. The van der Waals surface area contributed by atoms with Crippen molar-refractivity contribution in [1.82, 2.24) is 0 Å². The van der Waals surface area contributed by atoms with E-state index in [0.717, 1.165) is 0 Å². The van der Waals surface area contributed by atoms with Crippen molar-refractivity contribution in [3.05, 3.63) is 22.2 Å². The van der Waals surface area contributed by atoms with Crippen molar-refractivity contribution in [1.29, 1.82) is 0 Å². The zero-order valence-electron chi connectivity index (χ0n) is 10.8. The lowest BCUT2D eigenvalue weighted by molar-refractivity contribution is -0.153. The van der Waals surface area contributed by atoms with Crippen LogP contribution in [0.25, 0.3) is 0 Å². The monoisotopic (exact) mass is 348 g/mol. The molecule has 0 saturated heterocycles. The molecule has 2 unspecified atom stereocenters. The molecule has 5 nitrogen and oxygen atoms in total. The molecule has 0 saturated carbocycles. The summed E-state index contributed by atoms with van der Waals surface area (Å²) in [6.45, 7) is 2.41. The van der Waals surface area contributed by atoms with Crippen molar-refractivity contribution < 1.29 is 28.5 Å². The molecule has 0 radical (unpaired) electrons. The fourth-order valence-corrected chi connectivity index (χ4v) is 2.40. The van der Waals surface area contributed by atoms with E-state index in [9.17, 15) is 14.3 Å². The lowest BCUT2D eigenvalue weighted by Gasteiger charge is -2.22. The third-order valence-electron chi connectivity index (χ3n) is 2.75. The third kappa shape index (κ3) is 3.04. The molecule has 0 aliphatic carbocycles. The number of ether oxygens (including phenoxy) is 3. The lowest BCUT2D eigenvalue weighted by Crippen LogP contribution is -2.26. The van der Waals surface area contributed by atoms with Gasteiger partial charge in [0, 0.05) is 0 Å². The summed E-state index contributed by atoms with van der Waals surface area (Å²) in [4.78, 5) is 11.3. The number of carbonyl (C=O) groups excluding carboxylic acids is 1. The lowest BCUT2D eigenvalue weighted by atomic mass is 10.0. The van der Waals surface area contributed by atoms with Crippen LogP contribution in [0.5, 0.6) is 11.5 Å². The molecule has 1 N–H and O–H groups in total. The van der Waals surface area contributed by atoms with Crippen LogP contribution < -0.4 is 9.47 Å². The van der Waals surface area contributed by atoms with Gasteiger partial charge in [-0.1, -0.05) is 0 Å². The van der Waals surface area contributed by atoms with Gasteiger partial charge in [0.15, 0.2) is 11.5 Å². The van der Waals surface area contributed by atoms with Crippen molar-refractivity contribution in [2.24, 2.45) is 0 Å². The predicted molar refractivity (Wildman–Crippen MR) is 71.6 cm³/mol. The maximum absolute atomic E-state index is 13.8. The summed E-state index contributed by atoms with van der Waals surface area (Å²) in [5, 5.41) is 9.92. The first kappa shape index (κ1) is 15.1. The summed E-state index contributed by atoms with van der Waals surface area (Å²) in [7, 11) is 0. The van der Waals surface area contributed by atoms with Crippen molar-refractivity contribution in [2.45, 2.75) is 19.2 Å². The van der Waals surface area contributed by atoms with E-state index < -0.39 is 18.2 Å². The minimum atomic E-state index is -2.15. The number of hydrogen-bond donors (Lipinski definition) is 1. The molecule has 0 amide bonds. The molecule has 1 aromatic carbocycles. The van der Waals surface area contributed by atoms with Crippen molar-refractivity contribution in [3.63, 3.8) is 0 Å². The maximum Gasteiger partial charge on any atom is 0.343 e. The number of aliphatic hydroxyl groups excluding tert-OH is 1. The van der Waals surface area contributed by atoms with E-state index >= 15 is 0 Å². The number of hydrogen-bond acceptors (Lipinski definition) is 5. The number of carbonyl (C=O) groups is 1. The fraction of sp³-hybridized carbons (Fsp3) is 0.462. The Hall–Kier alpha value is -1.34. The van der Waals surface area contributed by atoms with Gasteiger partial charge in [0.2, 0.25) is 6.17 Å². The van der Waals surface area contributed by atoms with Crippen molar-refractivity contribution in [2.75, 3.05) is 19.8 Å². The topological polar surface area (TPSA) is 65.0 Å². The van der Waals surface area contributed by atoms with E-state index in [4.69, 9.17) is 9.47 Å². The number of rotatable bonds is 4. The van der Waals surface area contributed by atoms with Crippen LogP contribution in [0.15, 0.2) is 16.6 Å². The Bertz CT molecular complexity index is 508. The highest BCUT2D eigenvalue weighted by atomic mass is 79.9. The third-order valence-corrected chi connectivity index (χ3v) is 3.34. The van der Waals surface area contributed by atoms with Gasteiger partial charge in [-0.25, -0.2) is 9.18 Å². The van der Waals surface area contributed by atoms with E-state index in [-0.39, 0.29) is 12.2 Å². The summed E-state index contributed by atoms with van der Waals surface area (Å²) in [5.41, 5.74) is 0.210. The van der Waals surface area contributed by atoms with Gasteiger partial charge in [0.05, 0.1) is 11.1 Å². The van der Waals surface area contributed by atoms with Gasteiger partial charge in [0.25, 0.3) is 0 Å². The highest BCUT2D eigenvalue weighted by Gasteiger charge is 2.30. The Morgan fingerprint density at radius 3 is 2.90 bits per heavy atom. The molecule has 1 aromatic rings. The quantitative estimate of drug-likeness (QED) is 0.844. The standard InChI is InChI=1S/C13H14BrFO5/c1-2-18-13(17)10(15)11(16)7-5-8(14)12-9(6-7)19-3-4-20-12/h5-6,10-11,16H,2-4H2,1H3. The molecule has 2 atom stereocenters. The van der Waals surface area contributed by atoms with E-state index in [1.165, 1.54) is 12.1 Å². The highest BCUT2D eigenvalue weighted by molar-refractivity contribution is 9.10. The van der Waals surface area contributed by atoms with Crippen LogP contribution in [0.2, 0.25) is 0 Å². The predicted octanol–water partition coefficient (Wildman–Crippen LogP) is 2.15. The van der Waals surface area contributed by atoms with Gasteiger partial charge < -0.3 is 19.3 Å². The average molecular weight is 349 g/mol. The van der Waals surface area contributed by atoms with Gasteiger partial charge in [-0.2, -0.15) is 0 Å². The fourth-order valence-electron chi connectivity index (χ4n) is 1.82. The van der Waals surface area contributed by atoms with E-state index in [1.54, 1.807) is 6.92 Å². The molecule has 0 fully saturated rings. The summed E-state index contributed by atoms with van der Waals surface area (Å²) in [5.74, 6) is -0.194. The smallest absolute Gasteiger partial charge is 0.343 e. The summed E-state index contributed by atoms with van der Waals surface area (Å²) in [6, 6.07) is 2.94. The molecule has 0 aromatic heterocycles. The molecule has 1 aliphatic rings. The summed E-state index contributed by atoms with van der Waals surface area (Å²) < 4.78 is 29.7. The van der Waals surface area contributed by atoms with Gasteiger partial charge in [-0.15, -0.1) is 0 Å².